The van der Waals surface area contributed by atoms with Gasteiger partial charge in [-0.1, -0.05) is 26.0 Å². The van der Waals surface area contributed by atoms with Crippen LogP contribution in [0.5, 0.6) is 23.0 Å². The highest BCUT2D eigenvalue weighted by atomic mass is 32.1. The molecule has 0 N–H and O–H groups in total. The van der Waals surface area contributed by atoms with Gasteiger partial charge in [0.05, 0.1) is 46.5 Å². The zero-order valence-corrected chi connectivity index (χ0v) is 36.0. The predicted octanol–water partition coefficient (Wildman–Crippen LogP) is 13.4. The van der Waals surface area contributed by atoms with Gasteiger partial charge in [-0.3, -0.25) is 0 Å². The number of benzene rings is 6. The van der Waals surface area contributed by atoms with E-state index in [2.05, 4.69) is 127 Å². The Hall–Kier alpha value is -6.52. The number of anilines is 6. The predicted molar refractivity (Wildman–Crippen MR) is 247 cm³/mol. The fourth-order valence-electron chi connectivity index (χ4n) is 7.95. The Labute approximate surface area is 361 Å². The van der Waals surface area contributed by atoms with Gasteiger partial charge in [0.15, 0.2) is 6.29 Å². The van der Waals surface area contributed by atoms with Gasteiger partial charge < -0.3 is 38.2 Å². The molecule has 0 radical (unpaired) electrons. The summed E-state index contributed by atoms with van der Waals surface area (Å²) in [4.78, 5) is 6.73. The molecule has 7 aromatic rings. The summed E-state index contributed by atoms with van der Waals surface area (Å²) >= 11 is 1.71. The molecule has 0 amide bonds. The molecular weight excluding hydrogens is 781 g/mol. The lowest BCUT2D eigenvalue weighted by molar-refractivity contribution is -0.224. The van der Waals surface area contributed by atoms with Gasteiger partial charge in [-0.25, -0.2) is 0 Å². The molecule has 9 heteroatoms. The van der Waals surface area contributed by atoms with Crippen molar-refractivity contribution in [1.82, 2.24) is 0 Å². The molecule has 6 aromatic carbocycles. The average Bonchev–Trinajstić information content (AvgIpc) is 3.89. The first kappa shape index (κ1) is 39.9. The van der Waals surface area contributed by atoms with Gasteiger partial charge in [-0.15, -0.1) is 11.3 Å². The minimum Gasteiger partial charge on any atom is -0.497 e. The van der Waals surface area contributed by atoms with E-state index in [4.69, 9.17) is 28.4 Å². The fourth-order valence-corrected chi connectivity index (χ4v) is 8.90. The number of nitrogens with zero attached hydrogens (tertiary/aromatic N) is 2. The minimum absolute atomic E-state index is 0.000200. The third-order valence-corrected chi connectivity index (χ3v) is 12.2. The van der Waals surface area contributed by atoms with E-state index in [9.17, 15) is 0 Å². The molecule has 1 aliphatic carbocycles. The van der Waals surface area contributed by atoms with Gasteiger partial charge in [0.2, 0.25) is 0 Å². The second-order valence-electron chi connectivity index (χ2n) is 15.8. The van der Waals surface area contributed by atoms with Crippen molar-refractivity contribution < 1.29 is 28.4 Å². The molecule has 0 unspecified atom stereocenters. The lowest BCUT2D eigenvalue weighted by atomic mass is 9.96. The van der Waals surface area contributed by atoms with E-state index in [1.165, 1.54) is 0 Å². The maximum absolute atomic E-state index is 6.17. The molecule has 0 bridgehead atoms. The van der Waals surface area contributed by atoms with Crippen LogP contribution in [0.25, 0.3) is 22.8 Å². The van der Waals surface area contributed by atoms with E-state index in [1.54, 1.807) is 39.8 Å². The molecule has 2 aliphatic rings. The van der Waals surface area contributed by atoms with Gasteiger partial charge in [0.1, 0.15) is 23.0 Å². The van der Waals surface area contributed by atoms with E-state index >= 15 is 0 Å². The Balaban J connectivity index is 1.20. The van der Waals surface area contributed by atoms with Gasteiger partial charge in [-0.05, 0) is 167 Å². The highest BCUT2D eigenvalue weighted by Crippen LogP contribution is 2.51. The Bertz CT molecular complexity index is 2410. The van der Waals surface area contributed by atoms with Crippen molar-refractivity contribution in [2.24, 2.45) is 5.41 Å². The largest absolute Gasteiger partial charge is 0.497 e. The fraction of sp³-hybridized carbons (Fsp3) is 0.192. The lowest BCUT2D eigenvalue weighted by Crippen LogP contribution is -2.33. The topological polar surface area (TPSA) is 61.9 Å². The molecule has 1 fully saturated rings. The van der Waals surface area contributed by atoms with Crippen molar-refractivity contribution in [3.05, 3.63) is 166 Å². The summed E-state index contributed by atoms with van der Waals surface area (Å²) in [6, 6.07) is 50.5. The molecule has 1 aromatic heterocycles. The Kier molecular flexibility index (Phi) is 11.0. The summed E-state index contributed by atoms with van der Waals surface area (Å²) < 4.78 is 34.5. The Morgan fingerprint density at radius 1 is 0.475 bits per heavy atom. The van der Waals surface area contributed by atoms with Crippen LogP contribution in [0, 0.1) is 5.41 Å². The zero-order chi connectivity index (χ0) is 42.1. The number of methoxy groups -OCH3 is 4. The number of hydrogen-bond donors (Lipinski definition) is 0. The maximum atomic E-state index is 6.17. The molecule has 0 spiro atoms. The monoisotopic (exact) mass is 828 g/mol. The smallest absolute Gasteiger partial charge is 0.193 e. The molecule has 9 rings (SSSR count). The second-order valence-corrected chi connectivity index (χ2v) is 17.0. The van der Waals surface area contributed by atoms with Crippen LogP contribution < -0.4 is 28.7 Å². The van der Waals surface area contributed by atoms with Crippen LogP contribution in [0.15, 0.2) is 146 Å². The first-order chi connectivity index (χ1) is 29.7. The summed E-state index contributed by atoms with van der Waals surface area (Å²) in [5.41, 5.74) is 11.8. The first-order valence-corrected chi connectivity index (χ1v) is 21.1. The van der Waals surface area contributed by atoms with Crippen LogP contribution in [-0.2, 0) is 9.47 Å². The molecule has 0 saturated carbocycles. The van der Waals surface area contributed by atoms with Crippen molar-refractivity contribution in [3.63, 3.8) is 0 Å². The van der Waals surface area contributed by atoms with Crippen LogP contribution in [0.1, 0.15) is 41.0 Å². The van der Waals surface area contributed by atoms with Crippen molar-refractivity contribution >= 4 is 57.1 Å². The molecule has 1 aliphatic heterocycles. The average molecular weight is 829 g/mol. The standard InChI is InChI=1S/C52H48N2O6S/c1-52(2)32-59-51(60-33-52)50-28-25-44(61-50)31-49-45-26-15-38(53(34-7-17-40(55-3)18-8-34)35-9-19-41(56-4)20-10-35)29-47(45)48-30-39(16-27-46(48)49)54(36-11-21-42(57-5)22-12-36)37-13-23-43(58-6)24-14-37/h7-31,51H,32-33H2,1-6H3. The quantitative estimate of drug-likeness (QED) is 0.121. The summed E-state index contributed by atoms with van der Waals surface area (Å²) in [6.45, 7) is 5.65. The second kappa shape index (κ2) is 16.9. The third kappa shape index (κ3) is 8.08. The molecule has 308 valence electrons. The molecule has 1 saturated heterocycles. The van der Waals surface area contributed by atoms with Gasteiger partial charge in [0.25, 0.3) is 0 Å². The van der Waals surface area contributed by atoms with E-state index in [0.717, 1.165) is 94.7 Å². The Morgan fingerprint density at radius 3 is 1.20 bits per heavy atom. The molecular formula is C52H48N2O6S. The van der Waals surface area contributed by atoms with Crippen LogP contribution >= 0.6 is 11.3 Å². The number of rotatable bonds is 12. The zero-order valence-electron chi connectivity index (χ0n) is 35.2. The summed E-state index contributed by atoms with van der Waals surface area (Å²) in [5.74, 6) is 3.18. The molecule has 8 nitrogen and oxygen atoms in total. The van der Waals surface area contributed by atoms with Crippen LogP contribution in [0.3, 0.4) is 0 Å². The van der Waals surface area contributed by atoms with E-state index in [0.29, 0.717) is 13.2 Å². The summed E-state index contributed by atoms with van der Waals surface area (Å²) in [6.07, 6.45) is 1.95. The molecule has 2 heterocycles. The Morgan fingerprint density at radius 2 is 0.836 bits per heavy atom. The van der Waals surface area contributed by atoms with Crippen molar-refractivity contribution in [3.8, 4) is 34.1 Å². The highest BCUT2D eigenvalue weighted by Gasteiger charge is 2.31. The van der Waals surface area contributed by atoms with Crippen LogP contribution in [0.2, 0.25) is 0 Å². The maximum Gasteiger partial charge on any atom is 0.193 e. The van der Waals surface area contributed by atoms with E-state index in [1.807, 2.05) is 48.5 Å². The van der Waals surface area contributed by atoms with Crippen LogP contribution in [-0.4, -0.2) is 41.7 Å². The summed E-state index contributed by atoms with van der Waals surface area (Å²) in [5, 5.41) is 0. The number of thiophene rings is 1. The molecule has 0 atom stereocenters. The van der Waals surface area contributed by atoms with E-state index < -0.39 is 0 Å². The van der Waals surface area contributed by atoms with Crippen molar-refractivity contribution in [2.45, 2.75) is 20.1 Å². The van der Waals surface area contributed by atoms with Gasteiger partial charge >= 0.3 is 0 Å². The van der Waals surface area contributed by atoms with E-state index in [-0.39, 0.29) is 11.7 Å². The third-order valence-electron chi connectivity index (χ3n) is 11.1. The van der Waals surface area contributed by atoms with Crippen molar-refractivity contribution in [2.75, 3.05) is 51.5 Å². The SMILES string of the molecule is COc1ccc(N(c2ccc(OC)cc2)c2ccc3c(c2)-c2cc(N(c4ccc(OC)cc4)c4ccc(OC)cc4)ccc2C3=Cc2ccc(C3OCC(C)(C)CO3)s2)cc1. The van der Waals surface area contributed by atoms with Gasteiger partial charge in [0, 0.05) is 44.4 Å². The first-order valence-electron chi connectivity index (χ1n) is 20.2. The number of hydrogen-bond acceptors (Lipinski definition) is 9. The lowest BCUT2D eigenvalue weighted by Gasteiger charge is -2.34. The summed E-state index contributed by atoms with van der Waals surface area (Å²) in [7, 11) is 6.75. The van der Waals surface area contributed by atoms with Crippen molar-refractivity contribution in [1.29, 1.82) is 0 Å². The number of fused-ring (bicyclic) bond motifs is 3. The van der Waals surface area contributed by atoms with Gasteiger partial charge in [-0.2, -0.15) is 0 Å². The minimum atomic E-state index is -0.359. The highest BCUT2D eigenvalue weighted by molar-refractivity contribution is 7.13. The number of ether oxygens (including phenoxy) is 6. The molecule has 61 heavy (non-hydrogen) atoms. The van der Waals surface area contributed by atoms with Crippen LogP contribution in [0.4, 0.5) is 34.1 Å². The normalized spacial score (nSPS) is 14.2.